The van der Waals surface area contributed by atoms with E-state index in [2.05, 4.69) is 91.8 Å². The van der Waals surface area contributed by atoms with Gasteiger partial charge < -0.3 is 5.11 Å². The normalized spacial score (nSPS) is 13.0. The molecule has 3 rings (SSSR count). The minimum absolute atomic E-state index is 0.0172. The maximum atomic E-state index is 11.0. The van der Waals surface area contributed by atoms with E-state index in [4.69, 9.17) is 5.11 Å². The summed E-state index contributed by atoms with van der Waals surface area (Å²) in [6.45, 7) is 18.5. The minimum atomic E-state index is -0.800. The molecule has 0 heterocycles. The number of hydrogen-bond donors (Lipinski definition) is 1. The molecule has 0 bridgehead atoms. The van der Waals surface area contributed by atoms with Crippen LogP contribution in [0.15, 0.2) is 60.7 Å². The van der Waals surface area contributed by atoms with E-state index in [1.807, 2.05) is 24.3 Å². The Morgan fingerprint density at radius 2 is 1.41 bits per heavy atom. The van der Waals surface area contributed by atoms with Crippen molar-refractivity contribution in [1.29, 1.82) is 0 Å². The van der Waals surface area contributed by atoms with Crippen LogP contribution < -0.4 is 0 Å². The Morgan fingerprint density at radius 1 is 0.838 bits per heavy atom. The Kier molecular flexibility index (Phi) is 9.05. The van der Waals surface area contributed by atoms with Crippen molar-refractivity contribution in [3.8, 4) is 11.1 Å². The monoisotopic (exact) mass is 498 g/mol. The van der Waals surface area contributed by atoms with Crippen molar-refractivity contribution in [2.45, 2.75) is 92.9 Å². The van der Waals surface area contributed by atoms with Crippen LogP contribution in [0.5, 0.6) is 0 Å². The molecule has 3 aromatic rings. The molecule has 198 valence electrons. The summed E-state index contributed by atoms with van der Waals surface area (Å²) in [5.74, 6) is -0.113. The first-order chi connectivity index (χ1) is 17.4. The lowest BCUT2D eigenvalue weighted by Gasteiger charge is -2.34. The molecule has 0 saturated heterocycles. The zero-order valence-corrected chi connectivity index (χ0v) is 24.2. The van der Waals surface area contributed by atoms with Crippen LogP contribution in [0.25, 0.3) is 11.1 Å². The fourth-order valence-corrected chi connectivity index (χ4v) is 5.57. The molecule has 0 aliphatic heterocycles. The van der Waals surface area contributed by atoms with E-state index < -0.39 is 5.97 Å². The van der Waals surface area contributed by atoms with Crippen molar-refractivity contribution >= 4 is 5.97 Å². The predicted molar refractivity (Wildman–Crippen MR) is 157 cm³/mol. The average molecular weight is 499 g/mol. The summed E-state index contributed by atoms with van der Waals surface area (Å²) in [5.41, 5.74) is 10.4. The summed E-state index contributed by atoms with van der Waals surface area (Å²) in [7, 11) is 0. The Hall–Kier alpha value is -2.87. The molecule has 1 N–H and O–H groups in total. The highest BCUT2D eigenvalue weighted by Crippen LogP contribution is 2.41. The number of carboxylic acid groups (broad SMARTS) is 1. The van der Waals surface area contributed by atoms with Crippen LogP contribution in [0.1, 0.15) is 94.2 Å². The topological polar surface area (TPSA) is 37.3 Å². The highest BCUT2D eigenvalue weighted by Gasteiger charge is 2.31. The zero-order valence-electron chi connectivity index (χ0n) is 24.2. The highest BCUT2D eigenvalue weighted by molar-refractivity contribution is 5.72. The lowest BCUT2D eigenvalue weighted by molar-refractivity contribution is -0.136. The van der Waals surface area contributed by atoms with Crippen molar-refractivity contribution < 1.29 is 9.90 Å². The van der Waals surface area contributed by atoms with E-state index in [0.29, 0.717) is 11.3 Å². The molecule has 1 unspecified atom stereocenters. The van der Waals surface area contributed by atoms with Crippen molar-refractivity contribution in [3.63, 3.8) is 0 Å². The third-order valence-corrected chi connectivity index (χ3v) is 8.83. The van der Waals surface area contributed by atoms with Crippen molar-refractivity contribution in [1.82, 2.24) is 0 Å². The van der Waals surface area contributed by atoms with Crippen molar-refractivity contribution in [2.24, 2.45) is 11.3 Å². The van der Waals surface area contributed by atoms with Gasteiger partial charge in [-0.15, -0.1) is 0 Å². The molecule has 0 aromatic heterocycles. The average Bonchev–Trinajstić information content (AvgIpc) is 2.84. The van der Waals surface area contributed by atoms with E-state index in [0.717, 1.165) is 30.4 Å². The molecule has 0 aliphatic carbocycles. The zero-order chi connectivity index (χ0) is 27.4. The maximum absolute atomic E-state index is 11.0. The summed E-state index contributed by atoms with van der Waals surface area (Å²) in [5, 5.41) is 9.05. The Morgan fingerprint density at radius 3 is 1.89 bits per heavy atom. The summed E-state index contributed by atoms with van der Waals surface area (Å²) in [4.78, 5) is 11.0. The molecular formula is C35H46O2. The smallest absolute Gasteiger partial charge is 0.307 e. The second-order valence-electron chi connectivity index (χ2n) is 12.0. The first-order valence-corrected chi connectivity index (χ1v) is 13.9. The number of carbonyl (C=O) groups is 1. The van der Waals surface area contributed by atoms with Crippen LogP contribution >= 0.6 is 0 Å². The first-order valence-electron chi connectivity index (χ1n) is 13.9. The van der Waals surface area contributed by atoms with E-state index in [1.54, 1.807) is 0 Å². The molecule has 0 spiro atoms. The van der Waals surface area contributed by atoms with Gasteiger partial charge in [-0.2, -0.15) is 0 Å². The molecule has 3 aromatic carbocycles. The second kappa shape index (κ2) is 11.7. The quantitative estimate of drug-likeness (QED) is 0.302. The van der Waals surface area contributed by atoms with Gasteiger partial charge in [0.15, 0.2) is 0 Å². The van der Waals surface area contributed by atoms with Gasteiger partial charge in [-0.05, 0) is 95.4 Å². The molecule has 0 saturated carbocycles. The van der Waals surface area contributed by atoms with E-state index >= 15 is 0 Å². The van der Waals surface area contributed by atoms with E-state index in [9.17, 15) is 4.79 Å². The van der Waals surface area contributed by atoms with E-state index in [1.165, 1.54) is 39.8 Å². The Labute approximate surface area is 225 Å². The summed E-state index contributed by atoms with van der Waals surface area (Å²) in [6, 6.07) is 22.0. The number of rotatable bonds is 10. The fraction of sp³-hybridized carbons (Fsp3) is 0.457. The highest BCUT2D eigenvalue weighted by atomic mass is 16.4. The molecular weight excluding hydrogens is 452 g/mol. The van der Waals surface area contributed by atoms with Crippen molar-refractivity contribution in [3.05, 3.63) is 94.0 Å². The standard InChI is InChI=1S/C35H46O2/c1-9-35(10-2,30-18-17-28(24(3)21-30)14-11-26(5)34(6,7)8)31-19-20-32(25(4)22-31)29-15-12-27(13-16-29)23-33(36)37/h12-13,15-22,26H,9-11,14,23H2,1-8H3,(H,36,37). The molecule has 0 fully saturated rings. The van der Waals surface area contributed by atoms with Gasteiger partial charge in [-0.1, -0.05) is 102 Å². The Bertz CT molecular complexity index is 1210. The molecule has 2 heteroatoms. The number of hydrogen-bond acceptors (Lipinski definition) is 1. The SMILES string of the molecule is CCC(CC)(c1ccc(CCC(C)C(C)(C)C)c(C)c1)c1ccc(-c2ccc(CC(=O)O)cc2)c(C)c1. The third-order valence-electron chi connectivity index (χ3n) is 8.83. The number of aryl methyl sites for hydroxylation is 3. The van der Waals surface area contributed by atoms with Crippen LogP contribution in [0, 0.1) is 25.2 Å². The molecule has 0 aliphatic rings. The second-order valence-corrected chi connectivity index (χ2v) is 12.0. The molecule has 0 radical (unpaired) electrons. The summed E-state index contributed by atoms with van der Waals surface area (Å²) in [6.07, 6.45) is 4.50. The van der Waals surface area contributed by atoms with Gasteiger partial charge in [0.25, 0.3) is 0 Å². The lowest BCUT2D eigenvalue weighted by Crippen LogP contribution is -2.26. The van der Waals surface area contributed by atoms with E-state index in [-0.39, 0.29) is 11.8 Å². The van der Waals surface area contributed by atoms with Gasteiger partial charge in [0.1, 0.15) is 0 Å². The van der Waals surface area contributed by atoms with Gasteiger partial charge in [0, 0.05) is 5.41 Å². The number of carboxylic acids is 1. The molecule has 2 nitrogen and oxygen atoms in total. The predicted octanol–water partition coefficient (Wildman–Crippen LogP) is 9.32. The van der Waals surface area contributed by atoms with Crippen LogP contribution in [0.2, 0.25) is 0 Å². The largest absolute Gasteiger partial charge is 0.481 e. The van der Waals surface area contributed by atoms with Gasteiger partial charge >= 0.3 is 5.97 Å². The maximum Gasteiger partial charge on any atom is 0.307 e. The molecule has 0 amide bonds. The minimum Gasteiger partial charge on any atom is -0.481 e. The van der Waals surface area contributed by atoms with Crippen molar-refractivity contribution in [2.75, 3.05) is 0 Å². The summed E-state index contributed by atoms with van der Waals surface area (Å²) < 4.78 is 0. The Balaban J connectivity index is 1.90. The molecule has 1 atom stereocenters. The number of benzene rings is 3. The fourth-order valence-electron chi connectivity index (χ4n) is 5.57. The van der Waals surface area contributed by atoms with Crippen LogP contribution in [0.4, 0.5) is 0 Å². The lowest BCUT2D eigenvalue weighted by atomic mass is 9.69. The van der Waals surface area contributed by atoms with Crippen LogP contribution in [0.3, 0.4) is 0 Å². The molecule has 37 heavy (non-hydrogen) atoms. The van der Waals surface area contributed by atoms with Gasteiger partial charge in [0.05, 0.1) is 6.42 Å². The number of aliphatic carboxylic acids is 1. The third kappa shape index (κ3) is 6.53. The first kappa shape index (κ1) is 28.7. The van der Waals surface area contributed by atoms with Gasteiger partial charge in [0.2, 0.25) is 0 Å². The van der Waals surface area contributed by atoms with Gasteiger partial charge in [-0.25, -0.2) is 0 Å². The van der Waals surface area contributed by atoms with Crippen LogP contribution in [-0.4, -0.2) is 11.1 Å². The van der Waals surface area contributed by atoms with Gasteiger partial charge in [-0.3, -0.25) is 4.79 Å². The summed E-state index contributed by atoms with van der Waals surface area (Å²) >= 11 is 0. The van der Waals surface area contributed by atoms with Crippen LogP contribution in [-0.2, 0) is 23.1 Å².